The summed E-state index contributed by atoms with van der Waals surface area (Å²) in [5.41, 5.74) is 0.355. The van der Waals surface area contributed by atoms with Gasteiger partial charge in [0.25, 0.3) is 0 Å². The molecule has 0 aromatic carbocycles. The summed E-state index contributed by atoms with van der Waals surface area (Å²) in [6.45, 7) is 14.8. The standard InChI is InChI=1S/C18H37.C10H14O4/c1-3-5-7-9-11-13-15-17-18-16-14-12-10-8-6-4-2;1-4-9(11)13-6-5-7-14-10(12)8(2)3/h1,3-18H2,2H3;4H,1-2,5-7H2,3H3. The number of ether oxygens (including phenoxy) is 2. The third kappa shape index (κ3) is 28.4. The maximum absolute atomic E-state index is 10.9. The summed E-state index contributed by atoms with van der Waals surface area (Å²) in [6.07, 6.45) is 24.4. The molecule has 0 fully saturated rings. The highest BCUT2D eigenvalue weighted by atomic mass is 16.5. The van der Waals surface area contributed by atoms with Gasteiger partial charge in [-0.05, 0) is 6.92 Å². The molecule has 0 N–H and O–H groups in total. The topological polar surface area (TPSA) is 52.6 Å². The zero-order valence-corrected chi connectivity index (χ0v) is 21.3. The molecule has 1 radical (unpaired) electrons. The monoisotopic (exact) mass is 451 g/mol. The van der Waals surface area contributed by atoms with E-state index < -0.39 is 11.9 Å². The van der Waals surface area contributed by atoms with Gasteiger partial charge in [0, 0.05) is 18.1 Å². The molecule has 0 aliphatic rings. The first kappa shape index (κ1) is 32.6. The molecule has 0 heterocycles. The number of carbonyl (C=O) groups excluding carboxylic acids is 2. The Labute approximate surface area is 199 Å². The highest BCUT2D eigenvalue weighted by Gasteiger charge is 2.02. The number of esters is 2. The van der Waals surface area contributed by atoms with Gasteiger partial charge in [0.2, 0.25) is 0 Å². The normalized spacial score (nSPS) is 10.1. The van der Waals surface area contributed by atoms with E-state index in [-0.39, 0.29) is 13.2 Å². The maximum Gasteiger partial charge on any atom is 0.333 e. The van der Waals surface area contributed by atoms with Gasteiger partial charge >= 0.3 is 11.9 Å². The van der Waals surface area contributed by atoms with E-state index in [4.69, 9.17) is 4.74 Å². The Kier molecular flexibility index (Phi) is 28.0. The van der Waals surface area contributed by atoms with Crippen LogP contribution >= 0.6 is 0 Å². The van der Waals surface area contributed by atoms with Crippen molar-refractivity contribution in [2.75, 3.05) is 13.2 Å². The molecule has 187 valence electrons. The minimum atomic E-state index is -0.476. The van der Waals surface area contributed by atoms with Gasteiger partial charge in [-0.1, -0.05) is 130 Å². The second kappa shape index (κ2) is 27.5. The molecule has 0 bridgehead atoms. The molecule has 0 rings (SSSR count). The lowest BCUT2D eigenvalue weighted by molar-refractivity contribution is -0.140. The molecule has 0 aliphatic carbocycles. The molecule has 0 aromatic rings. The maximum atomic E-state index is 10.9. The van der Waals surface area contributed by atoms with Crippen LogP contribution in [0.25, 0.3) is 0 Å². The highest BCUT2D eigenvalue weighted by Crippen LogP contribution is 2.13. The average Bonchev–Trinajstić information content (AvgIpc) is 2.79. The average molecular weight is 452 g/mol. The summed E-state index contributed by atoms with van der Waals surface area (Å²) >= 11 is 0. The third-order valence-corrected chi connectivity index (χ3v) is 5.13. The fraction of sp³-hybridized carbons (Fsp3) is 0.750. The van der Waals surface area contributed by atoms with Crippen molar-refractivity contribution in [2.45, 2.75) is 123 Å². The van der Waals surface area contributed by atoms with Gasteiger partial charge in [-0.15, -0.1) is 0 Å². The van der Waals surface area contributed by atoms with Crippen LogP contribution in [0.5, 0.6) is 0 Å². The van der Waals surface area contributed by atoms with Crippen LogP contribution in [0, 0.1) is 6.92 Å². The van der Waals surface area contributed by atoms with E-state index >= 15 is 0 Å². The van der Waals surface area contributed by atoms with E-state index in [1.807, 2.05) is 0 Å². The Balaban J connectivity index is 0. The summed E-state index contributed by atoms with van der Waals surface area (Å²) in [5, 5.41) is 0. The van der Waals surface area contributed by atoms with E-state index in [0.717, 1.165) is 12.5 Å². The van der Waals surface area contributed by atoms with Crippen LogP contribution < -0.4 is 0 Å². The van der Waals surface area contributed by atoms with Crippen molar-refractivity contribution in [2.24, 2.45) is 0 Å². The van der Waals surface area contributed by atoms with Gasteiger partial charge in [0.15, 0.2) is 0 Å². The van der Waals surface area contributed by atoms with Crippen molar-refractivity contribution in [1.82, 2.24) is 0 Å². The molecule has 4 nitrogen and oxygen atoms in total. The van der Waals surface area contributed by atoms with Crippen molar-refractivity contribution in [3.8, 4) is 0 Å². The predicted molar refractivity (Wildman–Crippen MR) is 136 cm³/mol. The predicted octanol–water partition coefficient (Wildman–Crippen LogP) is 8.31. The lowest BCUT2D eigenvalue weighted by atomic mass is 10.0. The minimum Gasteiger partial charge on any atom is -0.462 e. The third-order valence-electron chi connectivity index (χ3n) is 5.13. The Morgan fingerprint density at radius 2 is 1.09 bits per heavy atom. The SMILES string of the molecule is C=CC(=O)OCCCOC(=O)C(=C)C.[CH2]CCCCCCCCCCCCCCCCC. The van der Waals surface area contributed by atoms with Crippen molar-refractivity contribution in [3.63, 3.8) is 0 Å². The zero-order chi connectivity index (χ0) is 24.3. The molecule has 0 unspecified atom stereocenters. The van der Waals surface area contributed by atoms with Crippen molar-refractivity contribution in [3.05, 3.63) is 31.7 Å². The second-order valence-corrected chi connectivity index (χ2v) is 8.44. The van der Waals surface area contributed by atoms with Gasteiger partial charge in [-0.2, -0.15) is 0 Å². The Morgan fingerprint density at radius 1 is 0.688 bits per heavy atom. The van der Waals surface area contributed by atoms with Gasteiger partial charge in [0.1, 0.15) is 0 Å². The minimum absolute atomic E-state index is 0.217. The van der Waals surface area contributed by atoms with Gasteiger partial charge in [-0.25, -0.2) is 9.59 Å². The number of rotatable bonds is 21. The van der Waals surface area contributed by atoms with Crippen LogP contribution in [0.2, 0.25) is 0 Å². The highest BCUT2D eigenvalue weighted by molar-refractivity contribution is 5.86. The van der Waals surface area contributed by atoms with Crippen LogP contribution in [-0.2, 0) is 19.1 Å². The molecule has 0 aliphatic heterocycles. The van der Waals surface area contributed by atoms with Crippen LogP contribution in [0.3, 0.4) is 0 Å². The second-order valence-electron chi connectivity index (χ2n) is 8.44. The first-order chi connectivity index (χ1) is 15.5. The van der Waals surface area contributed by atoms with Crippen molar-refractivity contribution < 1.29 is 19.1 Å². The van der Waals surface area contributed by atoms with Crippen LogP contribution in [0.1, 0.15) is 123 Å². The number of unbranched alkanes of at least 4 members (excludes halogenated alkanes) is 15. The van der Waals surface area contributed by atoms with Crippen LogP contribution in [0.4, 0.5) is 0 Å². The van der Waals surface area contributed by atoms with Crippen molar-refractivity contribution in [1.29, 1.82) is 0 Å². The van der Waals surface area contributed by atoms with E-state index in [9.17, 15) is 9.59 Å². The first-order valence-corrected chi connectivity index (χ1v) is 12.9. The Hall–Kier alpha value is -1.58. The van der Waals surface area contributed by atoms with Gasteiger partial charge < -0.3 is 9.47 Å². The number of hydrogen-bond donors (Lipinski definition) is 0. The molecule has 0 saturated carbocycles. The summed E-state index contributed by atoms with van der Waals surface area (Å²) in [7, 11) is 0. The molecule has 0 aromatic heterocycles. The van der Waals surface area contributed by atoms with E-state index in [1.165, 1.54) is 96.3 Å². The van der Waals surface area contributed by atoms with E-state index in [1.54, 1.807) is 6.92 Å². The molecule has 32 heavy (non-hydrogen) atoms. The van der Waals surface area contributed by atoms with Gasteiger partial charge in [0.05, 0.1) is 13.2 Å². The summed E-state index contributed by atoms with van der Waals surface area (Å²) in [6, 6.07) is 0. The largest absolute Gasteiger partial charge is 0.462 e. The fourth-order valence-electron chi connectivity index (χ4n) is 3.13. The summed E-state index contributed by atoms with van der Waals surface area (Å²) < 4.78 is 9.43. The zero-order valence-electron chi connectivity index (χ0n) is 21.3. The van der Waals surface area contributed by atoms with Gasteiger partial charge in [-0.3, -0.25) is 0 Å². The molecular weight excluding hydrogens is 400 g/mol. The van der Waals surface area contributed by atoms with E-state index in [2.05, 4.69) is 31.7 Å². The Bertz CT molecular complexity index is 440. The molecule has 0 spiro atoms. The van der Waals surface area contributed by atoms with Crippen LogP contribution in [-0.4, -0.2) is 25.2 Å². The molecular formula is C28H51O4. The fourth-order valence-corrected chi connectivity index (χ4v) is 3.13. The first-order valence-electron chi connectivity index (χ1n) is 12.9. The molecule has 4 heteroatoms. The van der Waals surface area contributed by atoms with Crippen molar-refractivity contribution >= 4 is 11.9 Å². The molecule has 0 atom stereocenters. The quantitative estimate of drug-likeness (QED) is 0.1000. The van der Waals surface area contributed by atoms with Crippen LogP contribution in [0.15, 0.2) is 24.8 Å². The van der Waals surface area contributed by atoms with E-state index in [0.29, 0.717) is 12.0 Å². The Morgan fingerprint density at radius 3 is 1.47 bits per heavy atom. The number of hydrogen-bond acceptors (Lipinski definition) is 4. The summed E-state index contributed by atoms with van der Waals surface area (Å²) in [4.78, 5) is 21.4. The lowest BCUT2D eigenvalue weighted by Gasteiger charge is -2.04. The lowest BCUT2D eigenvalue weighted by Crippen LogP contribution is -2.09. The molecule has 0 amide bonds. The smallest absolute Gasteiger partial charge is 0.333 e. The number of carbonyl (C=O) groups is 2. The molecule has 0 saturated heterocycles. The summed E-state index contributed by atoms with van der Waals surface area (Å²) in [5.74, 6) is -0.906.